The van der Waals surface area contributed by atoms with E-state index in [0.29, 0.717) is 21.5 Å². The summed E-state index contributed by atoms with van der Waals surface area (Å²) in [5.41, 5.74) is 4.86. The van der Waals surface area contributed by atoms with Crippen LogP contribution in [-0.4, -0.2) is 11.1 Å². The van der Waals surface area contributed by atoms with E-state index in [-0.39, 0.29) is 12.3 Å². The lowest BCUT2D eigenvalue weighted by molar-refractivity contribution is -0.384. The molecule has 8 heteroatoms. The van der Waals surface area contributed by atoms with Crippen molar-refractivity contribution in [3.05, 3.63) is 98.0 Å². The summed E-state index contributed by atoms with van der Waals surface area (Å²) >= 11 is 12.3. The van der Waals surface area contributed by atoms with Crippen LogP contribution in [0.4, 0.5) is 11.4 Å². The molecule has 0 saturated carbocycles. The van der Waals surface area contributed by atoms with Crippen LogP contribution in [0, 0.1) is 10.1 Å². The van der Waals surface area contributed by atoms with Gasteiger partial charge >= 0.3 is 0 Å². The SMILES string of the molecule is O=[N+]([O-])c1cccc(NN=Cc2ccc(OCc3c(Cl)cccc3Cl)cc2)c1. The Balaban J connectivity index is 1.58. The van der Waals surface area contributed by atoms with Gasteiger partial charge < -0.3 is 4.74 Å². The first-order valence-electron chi connectivity index (χ1n) is 8.22. The molecule has 1 N–H and O–H groups in total. The van der Waals surface area contributed by atoms with Crippen LogP contribution in [0.1, 0.15) is 11.1 Å². The molecule has 3 rings (SSSR count). The predicted molar refractivity (Wildman–Crippen MR) is 112 cm³/mol. The van der Waals surface area contributed by atoms with Crippen LogP contribution >= 0.6 is 23.2 Å². The van der Waals surface area contributed by atoms with Gasteiger partial charge in [-0.1, -0.05) is 35.3 Å². The van der Waals surface area contributed by atoms with Gasteiger partial charge in [-0.05, 0) is 48.0 Å². The van der Waals surface area contributed by atoms with E-state index in [9.17, 15) is 10.1 Å². The molecule has 0 spiro atoms. The monoisotopic (exact) mass is 415 g/mol. The first kappa shape index (κ1) is 19.7. The van der Waals surface area contributed by atoms with Gasteiger partial charge in [-0.15, -0.1) is 0 Å². The Morgan fingerprint density at radius 3 is 2.39 bits per heavy atom. The van der Waals surface area contributed by atoms with E-state index in [1.165, 1.54) is 12.1 Å². The van der Waals surface area contributed by atoms with Gasteiger partial charge in [0.05, 0.1) is 16.8 Å². The van der Waals surface area contributed by atoms with E-state index in [1.54, 1.807) is 48.7 Å². The van der Waals surface area contributed by atoms with Gasteiger partial charge in [-0.2, -0.15) is 5.10 Å². The van der Waals surface area contributed by atoms with Crippen LogP contribution in [0.3, 0.4) is 0 Å². The van der Waals surface area contributed by atoms with E-state index in [0.717, 1.165) is 11.1 Å². The number of benzene rings is 3. The smallest absolute Gasteiger partial charge is 0.271 e. The van der Waals surface area contributed by atoms with Crippen molar-refractivity contribution >= 4 is 40.8 Å². The van der Waals surface area contributed by atoms with Crippen molar-refractivity contribution in [3.8, 4) is 5.75 Å². The molecule has 0 amide bonds. The first-order valence-corrected chi connectivity index (χ1v) is 8.98. The Kier molecular flexibility index (Phi) is 6.47. The van der Waals surface area contributed by atoms with Crippen molar-refractivity contribution in [2.24, 2.45) is 5.10 Å². The number of halogens is 2. The van der Waals surface area contributed by atoms with Crippen molar-refractivity contribution in [3.63, 3.8) is 0 Å². The Labute approximate surface area is 171 Å². The average molecular weight is 416 g/mol. The van der Waals surface area contributed by atoms with Crippen molar-refractivity contribution in [2.45, 2.75) is 6.61 Å². The summed E-state index contributed by atoms with van der Waals surface area (Å²) in [6.45, 7) is 0.264. The molecule has 0 heterocycles. The molecular weight excluding hydrogens is 401 g/mol. The van der Waals surface area contributed by atoms with E-state index in [2.05, 4.69) is 10.5 Å². The minimum Gasteiger partial charge on any atom is -0.489 e. The highest BCUT2D eigenvalue weighted by atomic mass is 35.5. The fraction of sp³-hybridized carbons (Fsp3) is 0.0500. The number of hydrogen-bond donors (Lipinski definition) is 1. The van der Waals surface area contributed by atoms with E-state index in [4.69, 9.17) is 27.9 Å². The zero-order valence-corrected chi connectivity index (χ0v) is 16.0. The third-order valence-electron chi connectivity index (χ3n) is 3.79. The van der Waals surface area contributed by atoms with Crippen molar-refractivity contribution in [1.29, 1.82) is 0 Å². The second-order valence-corrected chi connectivity index (χ2v) is 6.55. The number of anilines is 1. The first-order chi connectivity index (χ1) is 13.5. The number of nitro groups is 1. The molecular formula is C20H15Cl2N3O3. The number of nitro benzene ring substituents is 1. The van der Waals surface area contributed by atoms with Gasteiger partial charge in [-0.25, -0.2) is 0 Å². The van der Waals surface area contributed by atoms with Gasteiger partial charge in [0.2, 0.25) is 0 Å². The highest BCUT2D eigenvalue weighted by Gasteiger charge is 2.06. The van der Waals surface area contributed by atoms with Crippen LogP contribution in [0.2, 0.25) is 10.0 Å². The zero-order valence-electron chi connectivity index (χ0n) is 14.5. The lowest BCUT2D eigenvalue weighted by atomic mass is 10.2. The van der Waals surface area contributed by atoms with Crippen LogP contribution in [0.25, 0.3) is 0 Å². The van der Waals surface area contributed by atoms with Crippen molar-refractivity contribution in [1.82, 2.24) is 0 Å². The lowest BCUT2D eigenvalue weighted by Gasteiger charge is -2.09. The molecule has 0 atom stereocenters. The number of nitrogens with zero attached hydrogens (tertiary/aromatic N) is 2. The third kappa shape index (κ3) is 5.22. The number of non-ortho nitro benzene ring substituents is 1. The summed E-state index contributed by atoms with van der Waals surface area (Å²) in [6.07, 6.45) is 1.60. The Morgan fingerprint density at radius 2 is 1.71 bits per heavy atom. The van der Waals surface area contributed by atoms with Gasteiger partial charge in [0, 0.05) is 27.7 Å². The lowest BCUT2D eigenvalue weighted by Crippen LogP contribution is -1.97. The number of nitrogens with one attached hydrogen (secondary N) is 1. The molecule has 0 aromatic heterocycles. The second-order valence-electron chi connectivity index (χ2n) is 5.74. The summed E-state index contributed by atoms with van der Waals surface area (Å²) in [4.78, 5) is 10.3. The molecule has 0 fully saturated rings. The van der Waals surface area contributed by atoms with Gasteiger partial charge in [0.15, 0.2) is 0 Å². The van der Waals surface area contributed by atoms with Gasteiger partial charge in [0.25, 0.3) is 5.69 Å². The van der Waals surface area contributed by atoms with Crippen molar-refractivity contribution in [2.75, 3.05) is 5.43 Å². The number of hydrogen-bond acceptors (Lipinski definition) is 5. The Morgan fingerprint density at radius 1 is 1.04 bits per heavy atom. The maximum atomic E-state index is 10.8. The quantitative estimate of drug-likeness (QED) is 0.294. The van der Waals surface area contributed by atoms with E-state index in [1.807, 2.05) is 12.1 Å². The van der Waals surface area contributed by atoms with Crippen LogP contribution in [0.5, 0.6) is 5.75 Å². The summed E-state index contributed by atoms with van der Waals surface area (Å²) in [6, 6.07) is 18.7. The fourth-order valence-corrected chi connectivity index (χ4v) is 2.85. The molecule has 0 aliphatic carbocycles. The van der Waals surface area contributed by atoms with Crippen molar-refractivity contribution < 1.29 is 9.66 Å². The van der Waals surface area contributed by atoms with Crippen LogP contribution in [-0.2, 0) is 6.61 Å². The molecule has 0 aliphatic heterocycles. The highest BCUT2D eigenvalue weighted by molar-refractivity contribution is 6.35. The molecule has 0 aliphatic rings. The Bertz CT molecular complexity index is 988. The minimum absolute atomic E-state index is 0.000301. The number of rotatable bonds is 7. The number of hydrazone groups is 1. The minimum atomic E-state index is -0.455. The fourth-order valence-electron chi connectivity index (χ4n) is 2.35. The summed E-state index contributed by atoms with van der Waals surface area (Å²) in [7, 11) is 0. The maximum Gasteiger partial charge on any atom is 0.271 e. The largest absolute Gasteiger partial charge is 0.489 e. The predicted octanol–water partition coefficient (Wildman–Crippen LogP) is 5.93. The van der Waals surface area contributed by atoms with Crippen LogP contribution in [0.15, 0.2) is 71.8 Å². The molecule has 3 aromatic rings. The molecule has 0 saturated heterocycles. The molecule has 6 nitrogen and oxygen atoms in total. The Hall–Kier alpha value is -3.09. The second kappa shape index (κ2) is 9.21. The molecule has 0 radical (unpaired) electrons. The summed E-state index contributed by atoms with van der Waals surface area (Å²) < 4.78 is 5.73. The van der Waals surface area contributed by atoms with E-state index < -0.39 is 4.92 Å². The number of ether oxygens (including phenoxy) is 1. The zero-order chi connectivity index (χ0) is 19.9. The van der Waals surface area contributed by atoms with Crippen LogP contribution < -0.4 is 10.2 Å². The van der Waals surface area contributed by atoms with Gasteiger partial charge in [-0.3, -0.25) is 15.5 Å². The average Bonchev–Trinajstić information content (AvgIpc) is 2.69. The molecule has 0 bridgehead atoms. The third-order valence-corrected chi connectivity index (χ3v) is 4.50. The highest BCUT2D eigenvalue weighted by Crippen LogP contribution is 2.26. The summed E-state index contributed by atoms with van der Waals surface area (Å²) in [5, 5.41) is 16.0. The summed E-state index contributed by atoms with van der Waals surface area (Å²) in [5.74, 6) is 0.666. The topological polar surface area (TPSA) is 76.8 Å². The molecule has 28 heavy (non-hydrogen) atoms. The maximum absolute atomic E-state index is 10.8. The molecule has 3 aromatic carbocycles. The molecule has 0 unspecified atom stereocenters. The standard InChI is InChI=1S/C20H15Cl2N3O3/c21-19-5-2-6-20(22)18(19)13-28-17-9-7-14(8-10-17)12-23-24-15-3-1-4-16(11-15)25(26)27/h1-12,24H,13H2. The molecule has 142 valence electrons. The normalized spacial score (nSPS) is 10.8. The van der Waals surface area contributed by atoms with Gasteiger partial charge in [0.1, 0.15) is 12.4 Å². The van der Waals surface area contributed by atoms with E-state index >= 15 is 0 Å².